The largest absolute Gasteiger partial charge is 0.464 e. The minimum absolute atomic E-state index is 0.111. The topological polar surface area (TPSA) is 47.6 Å². The molecule has 3 unspecified atom stereocenters. The van der Waals surface area contributed by atoms with Crippen molar-refractivity contribution in [2.45, 2.75) is 44.9 Å². The molecule has 0 spiro atoms. The summed E-state index contributed by atoms with van der Waals surface area (Å²) in [7, 11) is 0. The van der Waals surface area contributed by atoms with Gasteiger partial charge in [0.15, 0.2) is 6.04 Å². The van der Waals surface area contributed by atoms with Gasteiger partial charge >= 0.3 is 5.97 Å². The van der Waals surface area contributed by atoms with Gasteiger partial charge in [-0.05, 0) is 38.8 Å². The molecule has 1 aliphatic heterocycles. The predicted molar refractivity (Wildman–Crippen MR) is 74.0 cm³/mol. The Labute approximate surface area is 118 Å². The van der Waals surface area contributed by atoms with E-state index in [0.717, 1.165) is 12.8 Å². The normalized spacial score (nSPS) is 23.4. The zero-order chi connectivity index (χ0) is 14.5. The Morgan fingerprint density at radius 1 is 1.50 bits per heavy atom. The van der Waals surface area contributed by atoms with E-state index >= 15 is 0 Å². The van der Waals surface area contributed by atoms with Gasteiger partial charge in [-0.15, -0.1) is 0 Å². The van der Waals surface area contributed by atoms with Crippen LogP contribution < -0.4 is 5.32 Å². The van der Waals surface area contributed by atoms with E-state index in [1.165, 1.54) is 6.07 Å². The van der Waals surface area contributed by atoms with Crippen LogP contribution in [0.3, 0.4) is 0 Å². The van der Waals surface area contributed by atoms with E-state index in [1.807, 2.05) is 6.92 Å². The van der Waals surface area contributed by atoms with E-state index in [-0.39, 0.29) is 24.5 Å². The van der Waals surface area contributed by atoms with Crippen molar-refractivity contribution in [1.82, 2.24) is 0 Å². The van der Waals surface area contributed by atoms with Crippen molar-refractivity contribution < 1.29 is 18.7 Å². The highest BCUT2D eigenvalue weighted by molar-refractivity contribution is 5.80. The van der Waals surface area contributed by atoms with Gasteiger partial charge in [-0.3, -0.25) is 0 Å². The summed E-state index contributed by atoms with van der Waals surface area (Å²) >= 11 is 0. The summed E-state index contributed by atoms with van der Waals surface area (Å²) in [6.45, 7) is 4.00. The molecule has 1 aromatic carbocycles. The van der Waals surface area contributed by atoms with E-state index < -0.39 is 17.8 Å². The van der Waals surface area contributed by atoms with Crippen molar-refractivity contribution in [2.75, 3.05) is 11.9 Å². The third-order valence-corrected chi connectivity index (χ3v) is 3.36. The summed E-state index contributed by atoms with van der Waals surface area (Å²) < 4.78 is 24.5. The first kappa shape index (κ1) is 14.8. The molecular weight excluding hydrogens is 261 g/mol. The number of rotatable bonds is 5. The van der Waals surface area contributed by atoms with Crippen molar-refractivity contribution in [3.8, 4) is 0 Å². The molecule has 110 valence electrons. The lowest BCUT2D eigenvalue weighted by molar-refractivity contribution is -0.147. The highest BCUT2D eigenvalue weighted by Gasteiger charge is 2.35. The molecule has 0 aliphatic carbocycles. The van der Waals surface area contributed by atoms with Crippen LogP contribution in [0.4, 0.5) is 10.1 Å². The van der Waals surface area contributed by atoms with Gasteiger partial charge in [0.25, 0.3) is 0 Å². The van der Waals surface area contributed by atoms with E-state index in [1.54, 1.807) is 25.1 Å². The van der Waals surface area contributed by atoms with Gasteiger partial charge in [0.2, 0.25) is 0 Å². The molecular formula is C15H20FNO3. The van der Waals surface area contributed by atoms with Gasteiger partial charge in [-0.1, -0.05) is 12.1 Å². The van der Waals surface area contributed by atoms with Crippen molar-refractivity contribution in [3.05, 3.63) is 30.1 Å². The van der Waals surface area contributed by atoms with Crippen molar-refractivity contribution in [3.63, 3.8) is 0 Å². The molecule has 1 aromatic rings. The Bertz CT molecular complexity index is 466. The molecule has 1 aliphatic rings. The summed E-state index contributed by atoms with van der Waals surface area (Å²) in [6.07, 6.45) is 1.47. The van der Waals surface area contributed by atoms with Crippen LogP contribution in [0.25, 0.3) is 0 Å². The minimum Gasteiger partial charge on any atom is -0.464 e. The first-order valence-corrected chi connectivity index (χ1v) is 6.95. The zero-order valence-corrected chi connectivity index (χ0v) is 11.8. The molecule has 0 aromatic heterocycles. The first-order valence-electron chi connectivity index (χ1n) is 6.95. The zero-order valence-electron chi connectivity index (χ0n) is 11.8. The van der Waals surface area contributed by atoms with Gasteiger partial charge in [-0.25, -0.2) is 9.18 Å². The first-order chi connectivity index (χ1) is 9.61. The highest BCUT2D eigenvalue weighted by Crippen LogP contribution is 2.25. The molecule has 0 amide bonds. The Morgan fingerprint density at radius 3 is 2.85 bits per heavy atom. The molecule has 2 rings (SSSR count). The number of para-hydroxylation sites is 1. The lowest BCUT2D eigenvalue weighted by Crippen LogP contribution is -2.42. The Balaban J connectivity index is 2.14. The molecule has 1 fully saturated rings. The average Bonchev–Trinajstić information content (AvgIpc) is 2.84. The van der Waals surface area contributed by atoms with Crippen LogP contribution >= 0.6 is 0 Å². The summed E-state index contributed by atoms with van der Waals surface area (Å²) in [5.74, 6) is -0.803. The molecule has 1 N–H and O–H groups in total. The second-order valence-corrected chi connectivity index (χ2v) is 4.92. The number of benzene rings is 1. The average molecular weight is 281 g/mol. The molecule has 0 radical (unpaired) electrons. The number of anilines is 1. The third-order valence-electron chi connectivity index (χ3n) is 3.36. The number of esters is 1. The monoisotopic (exact) mass is 281 g/mol. The number of halogens is 1. The Kier molecular flexibility index (Phi) is 4.95. The fourth-order valence-corrected chi connectivity index (χ4v) is 2.36. The number of nitrogens with one attached hydrogen (secondary N) is 1. The van der Waals surface area contributed by atoms with E-state index in [0.29, 0.717) is 0 Å². The van der Waals surface area contributed by atoms with Gasteiger partial charge < -0.3 is 14.8 Å². The third kappa shape index (κ3) is 3.48. The lowest BCUT2D eigenvalue weighted by atomic mass is 10.1. The van der Waals surface area contributed by atoms with Crippen molar-refractivity contribution >= 4 is 11.7 Å². The van der Waals surface area contributed by atoms with Crippen LogP contribution in [0.1, 0.15) is 26.7 Å². The summed E-state index contributed by atoms with van der Waals surface area (Å²) in [5, 5.41) is 2.92. The molecule has 1 heterocycles. The fraction of sp³-hybridized carbons (Fsp3) is 0.533. The second kappa shape index (κ2) is 6.70. The van der Waals surface area contributed by atoms with Crippen LogP contribution in [-0.4, -0.2) is 30.8 Å². The molecule has 0 saturated carbocycles. The molecule has 3 atom stereocenters. The van der Waals surface area contributed by atoms with Crippen LogP contribution in [-0.2, 0) is 14.3 Å². The second-order valence-electron chi connectivity index (χ2n) is 4.92. The van der Waals surface area contributed by atoms with Gasteiger partial charge in [0.05, 0.1) is 24.5 Å². The quantitative estimate of drug-likeness (QED) is 0.843. The minimum atomic E-state index is -0.684. The molecule has 4 nitrogen and oxygen atoms in total. The van der Waals surface area contributed by atoms with Gasteiger partial charge in [0, 0.05) is 0 Å². The smallest absolute Gasteiger partial charge is 0.331 e. The maximum atomic E-state index is 13.7. The molecule has 0 bridgehead atoms. The van der Waals surface area contributed by atoms with Gasteiger partial charge in [0.1, 0.15) is 5.82 Å². The van der Waals surface area contributed by atoms with E-state index in [2.05, 4.69) is 5.32 Å². The number of carbonyl (C=O) groups is 1. The highest BCUT2D eigenvalue weighted by atomic mass is 19.1. The van der Waals surface area contributed by atoms with Crippen LogP contribution in [0.5, 0.6) is 0 Å². The molecule has 1 saturated heterocycles. The summed E-state index contributed by atoms with van der Waals surface area (Å²) in [4.78, 5) is 12.1. The molecule has 5 heteroatoms. The standard InChI is InChI=1S/C15H20FNO3/c1-3-19-15(18)14(13-9-8-10(2)20-13)17-12-7-5-4-6-11(12)16/h4-7,10,13-14,17H,3,8-9H2,1-2H3. The summed E-state index contributed by atoms with van der Waals surface area (Å²) in [6, 6.07) is 5.58. The van der Waals surface area contributed by atoms with E-state index in [9.17, 15) is 9.18 Å². The van der Waals surface area contributed by atoms with Crippen molar-refractivity contribution in [2.24, 2.45) is 0 Å². The van der Waals surface area contributed by atoms with Crippen LogP contribution in [0.15, 0.2) is 24.3 Å². The maximum absolute atomic E-state index is 13.7. The summed E-state index contributed by atoms with van der Waals surface area (Å²) in [5.41, 5.74) is 0.286. The lowest BCUT2D eigenvalue weighted by Gasteiger charge is -2.24. The molecule has 20 heavy (non-hydrogen) atoms. The van der Waals surface area contributed by atoms with E-state index in [4.69, 9.17) is 9.47 Å². The fourth-order valence-electron chi connectivity index (χ4n) is 2.36. The van der Waals surface area contributed by atoms with Gasteiger partial charge in [-0.2, -0.15) is 0 Å². The number of carbonyl (C=O) groups excluding carboxylic acids is 1. The SMILES string of the molecule is CCOC(=O)C(Nc1ccccc1F)C1CCC(C)O1. The Hall–Kier alpha value is -1.62. The van der Waals surface area contributed by atoms with Crippen molar-refractivity contribution in [1.29, 1.82) is 0 Å². The number of ether oxygens (including phenoxy) is 2. The number of hydrogen-bond acceptors (Lipinski definition) is 4. The van der Waals surface area contributed by atoms with Crippen LogP contribution in [0, 0.1) is 5.82 Å². The Morgan fingerprint density at radius 2 is 2.25 bits per heavy atom. The maximum Gasteiger partial charge on any atom is 0.331 e. The van der Waals surface area contributed by atoms with Crippen LogP contribution in [0.2, 0.25) is 0 Å². The number of hydrogen-bond donors (Lipinski definition) is 1. The predicted octanol–water partition coefficient (Wildman–Crippen LogP) is 2.74.